The van der Waals surface area contributed by atoms with Crippen LogP contribution in [0.15, 0.2) is 24.3 Å². The molecule has 1 amide bonds. The van der Waals surface area contributed by atoms with E-state index < -0.39 is 11.6 Å². The van der Waals surface area contributed by atoms with Crippen molar-refractivity contribution in [1.82, 2.24) is 5.32 Å². The Bertz CT molecular complexity index is 499. The van der Waals surface area contributed by atoms with Crippen molar-refractivity contribution < 1.29 is 9.53 Å². The van der Waals surface area contributed by atoms with Gasteiger partial charge in [0.05, 0.1) is 12.1 Å². The van der Waals surface area contributed by atoms with E-state index in [-0.39, 0.29) is 5.91 Å². The largest absolute Gasteiger partial charge is 0.363 e. The predicted molar refractivity (Wildman–Crippen MR) is 69.9 cm³/mol. The van der Waals surface area contributed by atoms with Crippen LogP contribution in [-0.2, 0) is 16.0 Å². The Hall–Kier alpha value is -1.79. The van der Waals surface area contributed by atoms with Crippen LogP contribution >= 0.6 is 0 Å². The van der Waals surface area contributed by atoms with E-state index in [0.29, 0.717) is 6.61 Å². The highest BCUT2D eigenvalue weighted by Gasteiger charge is 2.30. The molecule has 1 aliphatic heterocycles. The van der Waals surface area contributed by atoms with Gasteiger partial charge in [-0.05, 0) is 31.4 Å². The Morgan fingerprint density at radius 1 is 1.50 bits per heavy atom. The number of fused-ring (bicyclic) bond motifs is 1. The van der Waals surface area contributed by atoms with Crippen LogP contribution in [0.3, 0.4) is 0 Å². The van der Waals surface area contributed by atoms with E-state index in [1.165, 1.54) is 5.56 Å². The normalized spacial score (nSPS) is 18.6. The van der Waals surface area contributed by atoms with Gasteiger partial charge < -0.3 is 10.1 Å². The number of ether oxygens (including phenoxy) is 1. The van der Waals surface area contributed by atoms with Crippen molar-refractivity contribution in [3.05, 3.63) is 35.4 Å². The molecule has 0 aliphatic carbocycles. The summed E-state index contributed by atoms with van der Waals surface area (Å²) in [6.07, 6.45) is 5.67. The molecule has 1 N–H and O–H groups in total. The molecule has 0 spiro atoms. The maximum Gasteiger partial charge on any atom is 0.254 e. The second kappa shape index (κ2) is 4.83. The van der Waals surface area contributed by atoms with Crippen molar-refractivity contribution in [2.45, 2.75) is 31.9 Å². The third-order valence-electron chi connectivity index (χ3n) is 3.03. The Morgan fingerprint density at radius 3 is 2.94 bits per heavy atom. The maximum absolute atomic E-state index is 12.2. The standard InChI is InChI=1S/C15H17NO2/c1-4-15(2,3)16-14(17)13-12-8-6-5-7-11(12)9-10-18-13/h1,5-8,13H,9-10H2,2-3H3,(H,16,17). The number of amides is 1. The summed E-state index contributed by atoms with van der Waals surface area (Å²) in [4.78, 5) is 12.2. The molecule has 1 aliphatic rings. The minimum atomic E-state index is -0.660. The fraction of sp³-hybridized carbons (Fsp3) is 0.400. The van der Waals surface area contributed by atoms with E-state index in [1.807, 2.05) is 24.3 Å². The van der Waals surface area contributed by atoms with Gasteiger partial charge in [0.25, 0.3) is 5.91 Å². The van der Waals surface area contributed by atoms with Crippen LogP contribution in [-0.4, -0.2) is 18.1 Å². The van der Waals surface area contributed by atoms with Crippen LogP contribution in [0.4, 0.5) is 0 Å². The second-order valence-electron chi connectivity index (χ2n) is 4.96. The number of carbonyl (C=O) groups excluding carboxylic acids is 1. The first-order valence-electron chi connectivity index (χ1n) is 6.03. The van der Waals surface area contributed by atoms with Crippen molar-refractivity contribution >= 4 is 5.91 Å². The van der Waals surface area contributed by atoms with Crippen molar-refractivity contribution in [3.8, 4) is 12.3 Å². The molecule has 1 atom stereocenters. The second-order valence-corrected chi connectivity index (χ2v) is 4.96. The first-order valence-corrected chi connectivity index (χ1v) is 6.03. The van der Waals surface area contributed by atoms with Crippen LogP contribution in [0, 0.1) is 12.3 Å². The van der Waals surface area contributed by atoms with Gasteiger partial charge in [-0.2, -0.15) is 0 Å². The highest BCUT2D eigenvalue weighted by molar-refractivity contribution is 5.83. The average Bonchev–Trinajstić information content (AvgIpc) is 2.37. The first-order chi connectivity index (χ1) is 8.53. The summed E-state index contributed by atoms with van der Waals surface area (Å²) >= 11 is 0. The summed E-state index contributed by atoms with van der Waals surface area (Å²) in [5.41, 5.74) is 1.45. The van der Waals surface area contributed by atoms with Gasteiger partial charge in [-0.15, -0.1) is 6.42 Å². The Balaban J connectivity index is 2.21. The van der Waals surface area contributed by atoms with Gasteiger partial charge in [0, 0.05) is 0 Å². The van der Waals surface area contributed by atoms with Crippen LogP contribution in [0.2, 0.25) is 0 Å². The zero-order valence-corrected chi connectivity index (χ0v) is 10.7. The number of carbonyl (C=O) groups is 1. The molecule has 1 aromatic rings. The van der Waals surface area contributed by atoms with E-state index in [4.69, 9.17) is 11.2 Å². The molecule has 1 aromatic carbocycles. The Labute approximate surface area is 108 Å². The predicted octanol–water partition coefficient (Wildman–Crippen LogP) is 1.83. The summed E-state index contributed by atoms with van der Waals surface area (Å²) in [5.74, 6) is 2.37. The Kier molecular flexibility index (Phi) is 3.40. The van der Waals surface area contributed by atoms with Gasteiger partial charge in [0.2, 0.25) is 0 Å². The molecule has 3 heteroatoms. The van der Waals surface area contributed by atoms with Crippen LogP contribution in [0.25, 0.3) is 0 Å². The molecule has 3 nitrogen and oxygen atoms in total. The van der Waals surface area contributed by atoms with E-state index in [9.17, 15) is 4.79 Å². The zero-order valence-electron chi connectivity index (χ0n) is 10.7. The van der Waals surface area contributed by atoms with E-state index in [1.54, 1.807) is 13.8 Å². The molecule has 0 saturated heterocycles. The van der Waals surface area contributed by atoms with Crippen LogP contribution < -0.4 is 5.32 Å². The summed E-state index contributed by atoms with van der Waals surface area (Å²) < 4.78 is 5.58. The summed E-state index contributed by atoms with van der Waals surface area (Å²) in [7, 11) is 0. The average molecular weight is 243 g/mol. The first kappa shape index (κ1) is 12.7. The van der Waals surface area contributed by atoms with Crippen molar-refractivity contribution in [1.29, 1.82) is 0 Å². The quantitative estimate of drug-likeness (QED) is 0.805. The molecule has 18 heavy (non-hydrogen) atoms. The topological polar surface area (TPSA) is 38.3 Å². The van der Waals surface area contributed by atoms with Gasteiger partial charge in [0.1, 0.15) is 0 Å². The molecule has 0 radical (unpaired) electrons. The minimum absolute atomic E-state index is 0.176. The van der Waals surface area contributed by atoms with Crippen molar-refractivity contribution in [2.75, 3.05) is 6.61 Å². The van der Waals surface area contributed by atoms with Gasteiger partial charge in [0.15, 0.2) is 6.10 Å². The van der Waals surface area contributed by atoms with E-state index in [2.05, 4.69) is 11.2 Å². The lowest BCUT2D eigenvalue weighted by Crippen LogP contribution is -2.45. The number of terminal acetylenes is 1. The molecule has 1 heterocycles. The molecular formula is C15H17NO2. The number of rotatable bonds is 2. The molecule has 0 saturated carbocycles. The molecule has 1 unspecified atom stereocenters. The zero-order chi connectivity index (χ0) is 13.2. The smallest absolute Gasteiger partial charge is 0.254 e. The molecular weight excluding hydrogens is 226 g/mol. The summed E-state index contributed by atoms with van der Waals surface area (Å²) in [6, 6.07) is 7.86. The number of benzene rings is 1. The lowest BCUT2D eigenvalue weighted by atomic mass is 9.96. The van der Waals surface area contributed by atoms with E-state index >= 15 is 0 Å². The Morgan fingerprint density at radius 2 is 2.22 bits per heavy atom. The fourth-order valence-electron chi connectivity index (χ4n) is 2.02. The highest BCUT2D eigenvalue weighted by atomic mass is 16.5. The lowest BCUT2D eigenvalue weighted by molar-refractivity contribution is -0.135. The SMILES string of the molecule is C#CC(C)(C)NC(=O)C1OCCc2ccccc21. The number of hydrogen-bond acceptors (Lipinski definition) is 2. The molecule has 2 rings (SSSR count). The monoisotopic (exact) mass is 243 g/mol. The fourth-order valence-corrected chi connectivity index (χ4v) is 2.02. The molecule has 0 aromatic heterocycles. The third kappa shape index (κ3) is 2.55. The summed E-state index contributed by atoms with van der Waals surface area (Å²) in [6.45, 7) is 4.14. The summed E-state index contributed by atoms with van der Waals surface area (Å²) in [5, 5.41) is 2.82. The van der Waals surface area contributed by atoms with Gasteiger partial charge >= 0.3 is 0 Å². The van der Waals surface area contributed by atoms with Gasteiger partial charge in [-0.1, -0.05) is 30.2 Å². The molecule has 94 valence electrons. The third-order valence-corrected chi connectivity index (χ3v) is 3.03. The van der Waals surface area contributed by atoms with E-state index in [0.717, 1.165) is 12.0 Å². The highest BCUT2D eigenvalue weighted by Crippen LogP contribution is 2.27. The molecule has 0 fully saturated rings. The van der Waals surface area contributed by atoms with Crippen molar-refractivity contribution in [2.24, 2.45) is 0 Å². The lowest BCUT2D eigenvalue weighted by Gasteiger charge is -2.28. The number of nitrogens with one attached hydrogen (secondary N) is 1. The van der Waals surface area contributed by atoms with Crippen LogP contribution in [0.1, 0.15) is 31.1 Å². The van der Waals surface area contributed by atoms with Gasteiger partial charge in [-0.3, -0.25) is 4.79 Å². The minimum Gasteiger partial charge on any atom is -0.363 e. The van der Waals surface area contributed by atoms with Crippen molar-refractivity contribution in [3.63, 3.8) is 0 Å². The maximum atomic E-state index is 12.2. The van der Waals surface area contributed by atoms with Crippen LogP contribution in [0.5, 0.6) is 0 Å². The number of hydrogen-bond donors (Lipinski definition) is 1. The molecule has 0 bridgehead atoms. The van der Waals surface area contributed by atoms with Gasteiger partial charge in [-0.25, -0.2) is 0 Å².